The summed E-state index contributed by atoms with van der Waals surface area (Å²) in [7, 11) is 0. The van der Waals surface area contributed by atoms with Crippen LogP contribution >= 0.6 is 0 Å². The lowest BCUT2D eigenvalue weighted by Crippen LogP contribution is -2.17. The van der Waals surface area contributed by atoms with Gasteiger partial charge in [0.2, 0.25) is 0 Å². The predicted molar refractivity (Wildman–Crippen MR) is 77.9 cm³/mol. The Bertz CT molecular complexity index is 543. The van der Waals surface area contributed by atoms with Crippen molar-refractivity contribution in [1.29, 1.82) is 0 Å². The molecule has 0 aliphatic carbocycles. The molecule has 2 unspecified atom stereocenters. The van der Waals surface area contributed by atoms with Crippen LogP contribution < -0.4 is 14.8 Å². The van der Waals surface area contributed by atoms with E-state index in [0.29, 0.717) is 26.2 Å². The zero-order chi connectivity index (χ0) is 14.8. The maximum Gasteiger partial charge on any atom is 0.307 e. The third-order valence-electron chi connectivity index (χ3n) is 4.25. The number of ether oxygens (including phenoxy) is 2. The first kappa shape index (κ1) is 14.2. The van der Waals surface area contributed by atoms with Crippen LogP contribution in [0.2, 0.25) is 0 Å². The Morgan fingerprint density at radius 2 is 2.05 bits per heavy atom. The molecule has 5 heteroatoms. The lowest BCUT2D eigenvalue weighted by Gasteiger charge is -2.18. The molecule has 0 saturated carbocycles. The normalized spacial score (nSPS) is 24.6. The summed E-state index contributed by atoms with van der Waals surface area (Å²) in [6.07, 6.45) is 2.40. The van der Waals surface area contributed by atoms with E-state index in [1.807, 2.05) is 12.1 Å². The highest BCUT2D eigenvalue weighted by molar-refractivity contribution is 5.71. The second kappa shape index (κ2) is 5.93. The molecule has 1 fully saturated rings. The minimum Gasteiger partial charge on any atom is -0.490 e. The summed E-state index contributed by atoms with van der Waals surface area (Å²) in [5.74, 6) is 0.550. The Kier molecular flexibility index (Phi) is 4.01. The smallest absolute Gasteiger partial charge is 0.307 e. The summed E-state index contributed by atoms with van der Waals surface area (Å²) in [4.78, 5) is 11.1. The number of nitrogens with one attached hydrogen (secondary N) is 1. The molecule has 114 valence electrons. The molecule has 2 heterocycles. The average molecular weight is 291 g/mol. The van der Waals surface area contributed by atoms with Gasteiger partial charge in [0.1, 0.15) is 0 Å². The SMILES string of the molecule is CCc1cc2c(cc1C1CC(C(=O)O)CN1)OCCCO2. The van der Waals surface area contributed by atoms with Crippen molar-refractivity contribution in [2.45, 2.75) is 32.2 Å². The average Bonchev–Trinajstić information content (AvgIpc) is 2.86. The number of aryl methyl sites for hydroxylation is 1. The van der Waals surface area contributed by atoms with E-state index in [1.54, 1.807) is 0 Å². The predicted octanol–water partition coefficient (Wildman–Crippen LogP) is 2.15. The van der Waals surface area contributed by atoms with Crippen LogP contribution in [0.4, 0.5) is 0 Å². The standard InChI is InChI=1S/C16H21NO4/c1-2-10-7-14-15(21-5-3-4-20-14)8-12(10)13-6-11(9-17-13)16(18)19/h7-8,11,13,17H,2-6,9H2,1H3,(H,18,19). The molecule has 0 radical (unpaired) electrons. The molecular weight excluding hydrogens is 270 g/mol. The van der Waals surface area contributed by atoms with Gasteiger partial charge in [0.15, 0.2) is 11.5 Å². The van der Waals surface area contributed by atoms with E-state index in [0.717, 1.165) is 29.9 Å². The first-order chi connectivity index (χ1) is 10.2. The fourth-order valence-corrected chi connectivity index (χ4v) is 3.06. The zero-order valence-electron chi connectivity index (χ0n) is 12.2. The minimum atomic E-state index is -0.725. The van der Waals surface area contributed by atoms with E-state index in [1.165, 1.54) is 5.56 Å². The fourth-order valence-electron chi connectivity index (χ4n) is 3.06. The Morgan fingerprint density at radius 1 is 1.33 bits per heavy atom. The van der Waals surface area contributed by atoms with Crippen LogP contribution in [-0.4, -0.2) is 30.8 Å². The van der Waals surface area contributed by atoms with Crippen molar-refractivity contribution in [2.24, 2.45) is 5.92 Å². The Morgan fingerprint density at radius 3 is 2.67 bits per heavy atom. The van der Waals surface area contributed by atoms with Gasteiger partial charge in [-0.15, -0.1) is 0 Å². The molecule has 0 amide bonds. The van der Waals surface area contributed by atoms with Gasteiger partial charge >= 0.3 is 5.97 Å². The molecule has 0 aromatic heterocycles. The first-order valence-electron chi connectivity index (χ1n) is 7.57. The molecule has 3 rings (SSSR count). The Balaban J connectivity index is 1.91. The Labute approximate surface area is 124 Å². The van der Waals surface area contributed by atoms with Gasteiger partial charge in [-0.05, 0) is 36.1 Å². The van der Waals surface area contributed by atoms with Gasteiger partial charge < -0.3 is 19.9 Å². The molecule has 1 aromatic rings. The van der Waals surface area contributed by atoms with Gasteiger partial charge in [-0.3, -0.25) is 4.79 Å². The number of fused-ring (bicyclic) bond motifs is 1. The molecule has 2 aliphatic rings. The topological polar surface area (TPSA) is 67.8 Å². The number of carboxylic acid groups (broad SMARTS) is 1. The number of carbonyl (C=O) groups is 1. The van der Waals surface area contributed by atoms with Crippen LogP contribution in [0.25, 0.3) is 0 Å². The van der Waals surface area contributed by atoms with E-state index in [9.17, 15) is 4.79 Å². The number of aliphatic carboxylic acids is 1. The Hall–Kier alpha value is -1.75. The fraction of sp³-hybridized carbons (Fsp3) is 0.562. The number of hydrogen-bond donors (Lipinski definition) is 2. The number of rotatable bonds is 3. The van der Waals surface area contributed by atoms with Crippen LogP contribution in [0.1, 0.15) is 36.9 Å². The molecule has 1 aromatic carbocycles. The van der Waals surface area contributed by atoms with Crippen molar-refractivity contribution < 1.29 is 19.4 Å². The molecule has 21 heavy (non-hydrogen) atoms. The monoisotopic (exact) mass is 291 g/mol. The van der Waals surface area contributed by atoms with Gasteiger partial charge in [0.05, 0.1) is 19.1 Å². The third kappa shape index (κ3) is 2.83. The van der Waals surface area contributed by atoms with E-state index >= 15 is 0 Å². The highest BCUT2D eigenvalue weighted by Crippen LogP contribution is 2.38. The van der Waals surface area contributed by atoms with E-state index in [2.05, 4.69) is 12.2 Å². The minimum absolute atomic E-state index is 0.0817. The first-order valence-corrected chi connectivity index (χ1v) is 7.57. The summed E-state index contributed by atoms with van der Waals surface area (Å²) >= 11 is 0. The lowest BCUT2D eigenvalue weighted by atomic mass is 9.94. The summed E-state index contributed by atoms with van der Waals surface area (Å²) in [5.41, 5.74) is 2.34. The van der Waals surface area contributed by atoms with E-state index < -0.39 is 5.97 Å². The second-order valence-corrected chi connectivity index (χ2v) is 5.63. The van der Waals surface area contributed by atoms with Gasteiger partial charge in [-0.1, -0.05) is 6.92 Å². The van der Waals surface area contributed by atoms with Crippen molar-refractivity contribution >= 4 is 5.97 Å². The number of benzene rings is 1. The van der Waals surface area contributed by atoms with Crippen molar-refractivity contribution in [3.63, 3.8) is 0 Å². The molecule has 2 N–H and O–H groups in total. The number of hydrogen-bond acceptors (Lipinski definition) is 4. The highest BCUT2D eigenvalue weighted by Gasteiger charge is 2.32. The maximum atomic E-state index is 11.1. The van der Waals surface area contributed by atoms with Crippen molar-refractivity contribution in [2.75, 3.05) is 19.8 Å². The van der Waals surface area contributed by atoms with E-state index in [4.69, 9.17) is 14.6 Å². The summed E-state index contributed by atoms with van der Waals surface area (Å²) in [5, 5.41) is 12.5. The molecule has 2 aliphatic heterocycles. The van der Waals surface area contributed by atoms with Crippen molar-refractivity contribution in [3.8, 4) is 11.5 Å². The van der Waals surface area contributed by atoms with Crippen LogP contribution in [0.15, 0.2) is 12.1 Å². The number of carboxylic acids is 1. The van der Waals surface area contributed by atoms with Crippen LogP contribution in [0.3, 0.4) is 0 Å². The molecule has 5 nitrogen and oxygen atoms in total. The maximum absolute atomic E-state index is 11.1. The summed E-state index contributed by atoms with van der Waals surface area (Å²) in [6, 6.07) is 4.16. The molecule has 2 atom stereocenters. The second-order valence-electron chi connectivity index (χ2n) is 5.63. The van der Waals surface area contributed by atoms with Gasteiger partial charge in [-0.25, -0.2) is 0 Å². The van der Waals surface area contributed by atoms with Crippen LogP contribution in [-0.2, 0) is 11.2 Å². The molecular formula is C16H21NO4. The van der Waals surface area contributed by atoms with Crippen molar-refractivity contribution in [3.05, 3.63) is 23.3 Å². The van der Waals surface area contributed by atoms with Gasteiger partial charge in [0, 0.05) is 19.0 Å². The van der Waals surface area contributed by atoms with E-state index in [-0.39, 0.29) is 12.0 Å². The lowest BCUT2D eigenvalue weighted by molar-refractivity contribution is -0.141. The molecule has 0 bridgehead atoms. The van der Waals surface area contributed by atoms with Gasteiger partial charge in [-0.2, -0.15) is 0 Å². The summed E-state index contributed by atoms with van der Waals surface area (Å²) in [6.45, 7) is 3.97. The van der Waals surface area contributed by atoms with Crippen molar-refractivity contribution in [1.82, 2.24) is 5.32 Å². The molecule has 1 saturated heterocycles. The largest absolute Gasteiger partial charge is 0.490 e. The highest BCUT2D eigenvalue weighted by atomic mass is 16.5. The third-order valence-corrected chi connectivity index (χ3v) is 4.25. The quantitative estimate of drug-likeness (QED) is 0.893. The van der Waals surface area contributed by atoms with Gasteiger partial charge in [0.25, 0.3) is 0 Å². The van der Waals surface area contributed by atoms with Crippen LogP contribution in [0.5, 0.6) is 11.5 Å². The summed E-state index contributed by atoms with van der Waals surface area (Å²) < 4.78 is 11.5. The molecule has 0 spiro atoms. The van der Waals surface area contributed by atoms with Crippen LogP contribution in [0, 0.1) is 5.92 Å². The zero-order valence-corrected chi connectivity index (χ0v) is 12.2.